The number of rotatable bonds is 6. The highest BCUT2D eigenvalue weighted by Gasteiger charge is 2.22. The molecule has 1 aliphatic rings. The van der Waals surface area contributed by atoms with Gasteiger partial charge < -0.3 is 19.9 Å². The number of carbonyl (C=O) groups is 2. The summed E-state index contributed by atoms with van der Waals surface area (Å²) in [7, 11) is 0. The van der Waals surface area contributed by atoms with Gasteiger partial charge in [0.2, 0.25) is 0 Å². The Balaban J connectivity index is 1.25. The van der Waals surface area contributed by atoms with Crippen molar-refractivity contribution in [3.63, 3.8) is 0 Å². The summed E-state index contributed by atoms with van der Waals surface area (Å²) in [4.78, 5) is 28.9. The van der Waals surface area contributed by atoms with Crippen molar-refractivity contribution >= 4 is 46.4 Å². The first-order valence-electron chi connectivity index (χ1n) is 10.6. The normalized spacial score (nSPS) is 13.5. The van der Waals surface area contributed by atoms with E-state index in [1.165, 1.54) is 0 Å². The Kier molecular flexibility index (Phi) is 7.37. The third-order valence-corrected chi connectivity index (χ3v) is 5.86. The molecule has 0 bridgehead atoms. The van der Waals surface area contributed by atoms with Gasteiger partial charge in [0.1, 0.15) is 5.75 Å². The van der Waals surface area contributed by atoms with Crippen molar-refractivity contribution in [2.24, 2.45) is 0 Å². The first-order chi connectivity index (χ1) is 16.0. The molecule has 0 saturated carbocycles. The summed E-state index contributed by atoms with van der Waals surface area (Å²) in [6.07, 6.45) is 0. The zero-order chi connectivity index (χ0) is 23.2. The standard InChI is InChI=1S/C25H23Cl2N3O3/c26-19-3-1-18(2-4-19)25(32)30-15-13-29(14-16-30)22-9-7-21(8-10-22)28-24(31)17-33-23-11-5-20(27)6-12-23/h1-12H,13-17H2,(H,28,31). The van der Waals surface area contributed by atoms with Gasteiger partial charge in [0, 0.05) is 53.2 Å². The summed E-state index contributed by atoms with van der Waals surface area (Å²) in [5, 5.41) is 4.06. The summed E-state index contributed by atoms with van der Waals surface area (Å²) in [5.74, 6) is 0.357. The minimum atomic E-state index is -0.243. The summed E-state index contributed by atoms with van der Waals surface area (Å²) in [6.45, 7) is 2.66. The predicted molar refractivity (Wildman–Crippen MR) is 132 cm³/mol. The highest BCUT2D eigenvalue weighted by molar-refractivity contribution is 6.30. The van der Waals surface area contributed by atoms with Crippen molar-refractivity contribution in [1.29, 1.82) is 0 Å². The van der Waals surface area contributed by atoms with Crippen LogP contribution in [0.4, 0.5) is 11.4 Å². The fourth-order valence-electron chi connectivity index (χ4n) is 3.58. The van der Waals surface area contributed by atoms with E-state index < -0.39 is 0 Å². The molecular formula is C25H23Cl2N3O3. The molecule has 1 N–H and O–H groups in total. The number of piperazine rings is 1. The smallest absolute Gasteiger partial charge is 0.262 e. The lowest BCUT2D eigenvalue weighted by molar-refractivity contribution is -0.118. The van der Waals surface area contributed by atoms with Gasteiger partial charge in [0.15, 0.2) is 6.61 Å². The molecular weight excluding hydrogens is 461 g/mol. The molecule has 3 aromatic rings. The third-order valence-electron chi connectivity index (χ3n) is 5.36. The average molecular weight is 484 g/mol. The average Bonchev–Trinajstić information content (AvgIpc) is 2.84. The Hall–Kier alpha value is -3.22. The molecule has 33 heavy (non-hydrogen) atoms. The number of nitrogens with one attached hydrogen (secondary N) is 1. The number of amides is 2. The number of hydrogen-bond donors (Lipinski definition) is 1. The van der Waals surface area contributed by atoms with Gasteiger partial charge in [0.05, 0.1) is 0 Å². The molecule has 0 spiro atoms. The molecule has 1 aliphatic heterocycles. The number of carbonyl (C=O) groups excluding carboxylic acids is 2. The lowest BCUT2D eigenvalue weighted by Gasteiger charge is -2.36. The third kappa shape index (κ3) is 6.18. The molecule has 170 valence electrons. The van der Waals surface area contributed by atoms with Crippen molar-refractivity contribution in [3.8, 4) is 5.75 Å². The van der Waals surface area contributed by atoms with Crippen LogP contribution >= 0.6 is 23.2 Å². The molecule has 0 aliphatic carbocycles. The number of ether oxygens (including phenoxy) is 1. The quantitative estimate of drug-likeness (QED) is 0.537. The van der Waals surface area contributed by atoms with Gasteiger partial charge >= 0.3 is 0 Å². The van der Waals surface area contributed by atoms with Crippen molar-refractivity contribution in [2.75, 3.05) is 43.0 Å². The summed E-state index contributed by atoms with van der Waals surface area (Å²) in [6, 6.07) is 21.5. The van der Waals surface area contributed by atoms with E-state index in [-0.39, 0.29) is 18.4 Å². The lowest BCUT2D eigenvalue weighted by atomic mass is 10.1. The molecule has 0 unspecified atom stereocenters. The zero-order valence-electron chi connectivity index (χ0n) is 17.8. The Morgan fingerprint density at radius 2 is 1.36 bits per heavy atom. The SMILES string of the molecule is O=C(COc1ccc(Cl)cc1)Nc1ccc(N2CCN(C(=O)c3ccc(Cl)cc3)CC2)cc1. The van der Waals surface area contributed by atoms with E-state index in [2.05, 4.69) is 10.2 Å². The lowest BCUT2D eigenvalue weighted by Crippen LogP contribution is -2.48. The number of benzene rings is 3. The van der Waals surface area contributed by atoms with Gasteiger partial charge in [-0.15, -0.1) is 0 Å². The highest BCUT2D eigenvalue weighted by Crippen LogP contribution is 2.21. The number of anilines is 2. The minimum absolute atomic E-state index is 0.0187. The second-order valence-electron chi connectivity index (χ2n) is 7.62. The zero-order valence-corrected chi connectivity index (χ0v) is 19.4. The number of nitrogens with zero attached hydrogens (tertiary/aromatic N) is 2. The van der Waals surface area contributed by atoms with E-state index >= 15 is 0 Å². The molecule has 8 heteroatoms. The molecule has 4 rings (SSSR count). The minimum Gasteiger partial charge on any atom is -0.484 e. The van der Waals surface area contributed by atoms with Crippen molar-refractivity contribution in [2.45, 2.75) is 0 Å². The maximum absolute atomic E-state index is 12.7. The Labute approximate surface area is 202 Å². The predicted octanol–water partition coefficient (Wildman–Crippen LogP) is 4.97. The van der Waals surface area contributed by atoms with E-state index in [1.54, 1.807) is 48.5 Å². The van der Waals surface area contributed by atoms with Crippen LogP contribution in [0.1, 0.15) is 10.4 Å². The monoisotopic (exact) mass is 483 g/mol. The van der Waals surface area contributed by atoms with Crippen LogP contribution in [0.5, 0.6) is 5.75 Å². The van der Waals surface area contributed by atoms with Crippen LogP contribution in [0.2, 0.25) is 10.0 Å². The molecule has 1 saturated heterocycles. The van der Waals surface area contributed by atoms with Gasteiger partial charge in [-0.3, -0.25) is 9.59 Å². The van der Waals surface area contributed by atoms with Gasteiger partial charge in [0.25, 0.3) is 11.8 Å². The van der Waals surface area contributed by atoms with E-state index in [9.17, 15) is 9.59 Å². The maximum Gasteiger partial charge on any atom is 0.262 e. The summed E-state index contributed by atoms with van der Waals surface area (Å²) in [5.41, 5.74) is 2.39. The fourth-order valence-corrected chi connectivity index (χ4v) is 3.83. The summed E-state index contributed by atoms with van der Waals surface area (Å²) < 4.78 is 5.46. The van der Waals surface area contributed by atoms with Gasteiger partial charge in [-0.1, -0.05) is 23.2 Å². The van der Waals surface area contributed by atoms with Crippen molar-refractivity contribution in [1.82, 2.24) is 4.90 Å². The molecule has 1 heterocycles. The molecule has 3 aromatic carbocycles. The van der Waals surface area contributed by atoms with Gasteiger partial charge in [-0.05, 0) is 72.8 Å². The van der Waals surface area contributed by atoms with Crippen LogP contribution in [-0.4, -0.2) is 49.5 Å². The van der Waals surface area contributed by atoms with Crippen LogP contribution in [-0.2, 0) is 4.79 Å². The molecule has 2 amide bonds. The second-order valence-corrected chi connectivity index (χ2v) is 8.50. The van der Waals surface area contributed by atoms with Crippen LogP contribution in [0, 0.1) is 0 Å². The highest BCUT2D eigenvalue weighted by atomic mass is 35.5. The van der Waals surface area contributed by atoms with E-state index in [0.717, 1.165) is 18.8 Å². The largest absolute Gasteiger partial charge is 0.484 e. The van der Waals surface area contributed by atoms with Crippen LogP contribution in [0.15, 0.2) is 72.8 Å². The molecule has 6 nitrogen and oxygen atoms in total. The topological polar surface area (TPSA) is 61.9 Å². The molecule has 1 fully saturated rings. The number of hydrogen-bond acceptors (Lipinski definition) is 4. The van der Waals surface area contributed by atoms with Crippen LogP contribution in [0.25, 0.3) is 0 Å². The second kappa shape index (κ2) is 10.6. The Bertz CT molecular complexity index is 1100. The van der Waals surface area contributed by atoms with E-state index in [0.29, 0.717) is 40.1 Å². The van der Waals surface area contributed by atoms with E-state index in [4.69, 9.17) is 27.9 Å². The molecule has 0 atom stereocenters. The van der Waals surface area contributed by atoms with Gasteiger partial charge in [-0.2, -0.15) is 0 Å². The molecule has 0 radical (unpaired) electrons. The first kappa shape index (κ1) is 23.0. The van der Waals surface area contributed by atoms with Crippen LogP contribution < -0.4 is 15.0 Å². The Morgan fingerprint density at radius 1 is 0.788 bits per heavy atom. The van der Waals surface area contributed by atoms with Crippen molar-refractivity contribution in [3.05, 3.63) is 88.4 Å². The fraction of sp³-hybridized carbons (Fsp3) is 0.200. The number of halogens is 2. The van der Waals surface area contributed by atoms with E-state index in [1.807, 2.05) is 29.2 Å². The maximum atomic E-state index is 12.7. The van der Waals surface area contributed by atoms with Crippen LogP contribution in [0.3, 0.4) is 0 Å². The first-order valence-corrected chi connectivity index (χ1v) is 11.3. The summed E-state index contributed by atoms with van der Waals surface area (Å²) >= 11 is 11.8. The Morgan fingerprint density at radius 3 is 1.97 bits per heavy atom. The van der Waals surface area contributed by atoms with Crippen molar-refractivity contribution < 1.29 is 14.3 Å². The van der Waals surface area contributed by atoms with Gasteiger partial charge in [-0.25, -0.2) is 0 Å². The molecule has 0 aromatic heterocycles.